The van der Waals surface area contributed by atoms with Crippen LogP contribution < -0.4 is 5.73 Å². The molecule has 0 heterocycles. The lowest BCUT2D eigenvalue weighted by Crippen LogP contribution is -2.33. The molecule has 0 aliphatic heterocycles. The summed E-state index contributed by atoms with van der Waals surface area (Å²) < 4.78 is 0. The van der Waals surface area contributed by atoms with Crippen LogP contribution in [0, 0.1) is 29.6 Å². The predicted octanol–water partition coefficient (Wildman–Crippen LogP) is 4.21. The Balaban J connectivity index is 1.98. The fraction of sp³-hybridized carbons (Fsp3) is 1.00. The number of nitrogens with two attached hydrogens (primary N) is 1. The van der Waals surface area contributed by atoms with E-state index < -0.39 is 0 Å². The average molecular weight is 237 g/mol. The summed E-state index contributed by atoms with van der Waals surface area (Å²) >= 11 is 0. The van der Waals surface area contributed by atoms with Gasteiger partial charge in [0.15, 0.2) is 0 Å². The maximum Gasteiger partial charge on any atom is -0.00461 e. The molecule has 0 aromatic heterocycles. The van der Waals surface area contributed by atoms with Crippen molar-refractivity contribution in [3.63, 3.8) is 0 Å². The average Bonchev–Trinajstić information content (AvgIpc) is 2.57. The van der Waals surface area contributed by atoms with Crippen LogP contribution in [0.1, 0.15) is 65.2 Å². The molecule has 1 heteroatoms. The second-order valence-electron chi connectivity index (χ2n) is 6.83. The Kier molecular flexibility index (Phi) is 4.90. The first kappa shape index (κ1) is 13.4. The van der Waals surface area contributed by atoms with Crippen LogP contribution in [0.4, 0.5) is 0 Å². The van der Waals surface area contributed by atoms with Crippen molar-refractivity contribution in [3.8, 4) is 0 Å². The molecule has 2 saturated carbocycles. The van der Waals surface area contributed by atoms with Gasteiger partial charge in [0.2, 0.25) is 0 Å². The summed E-state index contributed by atoms with van der Waals surface area (Å²) in [5.74, 6) is 4.68. The summed E-state index contributed by atoms with van der Waals surface area (Å²) in [4.78, 5) is 0. The molecule has 5 atom stereocenters. The van der Waals surface area contributed by atoms with Crippen LogP contribution in [0.25, 0.3) is 0 Å². The summed E-state index contributed by atoms with van der Waals surface area (Å²) in [5.41, 5.74) is 6.03. The van der Waals surface area contributed by atoms with Crippen LogP contribution in [-0.4, -0.2) is 6.54 Å². The van der Waals surface area contributed by atoms with Crippen LogP contribution in [-0.2, 0) is 0 Å². The first-order valence-electron chi connectivity index (χ1n) is 7.92. The normalized spacial score (nSPS) is 44.3. The number of hydrogen-bond acceptors (Lipinski definition) is 1. The maximum absolute atomic E-state index is 6.03. The first-order chi connectivity index (χ1) is 8.22. The molecule has 0 bridgehead atoms. The van der Waals surface area contributed by atoms with Gasteiger partial charge in [-0.3, -0.25) is 0 Å². The maximum atomic E-state index is 6.03. The third-order valence-electron chi connectivity index (χ3n) is 5.76. The van der Waals surface area contributed by atoms with Crippen molar-refractivity contribution in [3.05, 3.63) is 0 Å². The van der Waals surface area contributed by atoms with E-state index in [4.69, 9.17) is 5.73 Å². The molecule has 2 aliphatic rings. The molecule has 2 aliphatic carbocycles. The molecular weight excluding hydrogens is 206 g/mol. The minimum atomic E-state index is 0.836. The number of rotatable bonds is 2. The van der Waals surface area contributed by atoms with Crippen LogP contribution >= 0.6 is 0 Å². The monoisotopic (exact) mass is 237 g/mol. The molecule has 0 radical (unpaired) electrons. The summed E-state index contributed by atoms with van der Waals surface area (Å²) in [7, 11) is 0. The molecule has 0 aromatic rings. The summed E-state index contributed by atoms with van der Waals surface area (Å²) in [5, 5.41) is 0. The highest BCUT2D eigenvalue weighted by atomic mass is 14.6. The highest BCUT2D eigenvalue weighted by molar-refractivity contribution is 4.85. The molecule has 0 saturated heterocycles. The molecule has 0 spiro atoms. The van der Waals surface area contributed by atoms with Gasteiger partial charge in [-0.1, -0.05) is 39.5 Å². The topological polar surface area (TPSA) is 26.0 Å². The molecule has 17 heavy (non-hydrogen) atoms. The summed E-state index contributed by atoms with van der Waals surface area (Å²) in [6.45, 7) is 5.84. The van der Waals surface area contributed by atoms with Crippen molar-refractivity contribution in [1.82, 2.24) is 0 Å². The van der Waals surface area contributed by atoms with Gasteiger partial charge in [-0.05, 0) is 61.8 Å². The van der Waals surface area contributed by atoms with Crippen molar-refractivity contribution in [2.45, 2.75) is 65.2 Å². The third kappa shape index (κ3) is 3.24. The van der Waals surface area contributed by atoms with Crippen molar-refractivity contribution in [1.29, 1.82) is 0 Å². The second kappa shape index (κ2) is 6.22. The smallest absolute Gasteiger partial charge is 0.00461 e. The zero-order chi connectivity index (χ0) is 12.3. The molecule has 0 amide bonds. The second-order valence-corrected chi connectivity index (χ2v) is 6.83. The van der Waals surface area contributed by atoms with E-state index in [-0.39, 0.29) is 0 Å². The van der Waals surface area contributed by atoms with Gasteiger partial charge >= 0.3 is 0 Å². The lowest BCUT2D eigenvalue weighted by molar-refractivity contribution is 0.115. The van der Waals surface area contributed by atoms with E-state index in [1.54, 1.807) is 0 Å². The van der Waals surface area contributed by atoms with Gasteiger partial charge in [-0.15, -0.1) is 0 Å². The lowest BCUT2D eigenvalue weighted by Gasteiger charge is -2.39. The van der Waals surface area contributed by atoms with E-state index >= 15 is 0 Å². The lowest BCUT2D eigenvalue weighted by atomic mass is 9.67. The first-order valence-corrected chi connectivity index (χ1v) is 7.92. The predicted molar refractivity (Wildman–Crippen MR) is 74.8 cm³/mol. The third-order valence-corrected chi connectivity index (χ3v) is 5.76. The Hall–Kier alpha value is -0.0400. The van der Waals surface area contributed by atoms with Crippen molar-refractivity contribution >= 4 is 0 Å². The highest BCUT2D eigenvalue weighted by Gasteiger charge is 2.34. The van der Waals surface area contributed by atoms with Crippen molar-refractivity contribution in [2.24, 2.45) is 35.3 Å². The SMILES string of the molecule is CC1CCC(C2CCCCCC2CN)CC1C. The summed E-state index contributed by atoms with van der Waals surface area (Å²) in [6, 6.07) is 0. The van der Waals surface area contributed by atoms with Gasteiger partial charge in [-0.2, -0.15) is 0 Å². The molecule has 2 rings (SSSR count). The molecule has 100 valence electrons. The van der Waals surface area contributed by atoms with Crippen molar-refractivity contribution < 1.29 is 0 Å². The van der Waals surface area contributed by atoms with Gasteiger partial charge in [-0.25, -0.2) is 0 Å². The molecule has 5 unspecified atom stereocenters. The Morgan fingerprint density at radius 2 is 1.65 bits per heavy atom. The zero-order valence-electron chi connectivity index (χ0n) is 11.8. The van der Waals surface area contributed by atoms with Crippen LogP contribution in [0.3, 0.4) is 0 Å². The van der Waals surface area contributed by atoms with E-state index in [1.165, 1.54) is 51.4 Å². The van der Waals surface area contributed by atoms with Gasteiger partial charge in [0, 0.05) is 0 Å². The van der Waals surface area contributed by atoms with Crippen LogP contribution in [0.5, 0.6) is 0 Å². The Morgan fingerprint density at radius 1 is 0.882 bits per heavy atom. The Bertz CT molecular complexity index is 226. The fourth-order valence-electron chi connectivity index (χ4n) is 4.30. The van der Waals surface area contributed by atoms with E-state index in [2.05, 4.69) is 13.8 Å². The minimum Gasteiger partial charge on any atom is -0.330 e. The molecule has 0 aromatic carbocycles. The van der Waals surface area contributed by atoms with E-state index in [1.807, 2.05) is 0 Å². The molecule has 2 fully saturated rings. The van der Waals surface area contributed by atoms with E-state index in [0.717, 1.165) is 36.1 Å². The Labute approximate surface area is 108 Å². The quantitative estimate of drug-likeness (QED) is 0.715. The van der Waals surface area contributed by atoms with Crippen LogP contribution in [0.15, 0.2) is 0 Å². The summed E-state index contributed by atoms with van der Waals surface area (Å²) in [6.07, 6.45) is 11.6. The fourth-order valence-corrected chi connectivity index (χ4v) is 4.30. The van der Waals surface area contributed by atoms with Gasteiger partial charge < -0.3 is 5.73 Å². The zero-order valence-corrected chi connectivity index (χ0v) is 11.8. The standard InChI is InChI=1S/C16H31N/c1-12-8-9-14(10-13(12)2)16-7-5-3-4-6-15(16)11-17/h12-16H,3-11,17H2,1-2H3. The van der Waals surface area contributed by atoms with Gasteiger partial charge in [0.05, 0.1) is 0 Å². The van der Waals surface area contributed by atoms with Crippen LogP contribution in [0.2, 0.25) is 0 Å². The van der Waals surface area contributed by atoms with E-state index in [0.29, 0.717) is 0 Å². The van der Waals surface area contributed by atoms with Gasteiger partial charge in [0.25, 0.3) is 0 Å². The van der Waals surface area contributed by atoms with Crippen molar-refractivity contribution in [2.75, 3.05) is 6.54 Å². The largest absolute Gasteiger partial charge is 0.330 e. The molecule has 2 N–H and O–H groups in total. The number of hydrogen-bond donors (Lipinski definition) is 1. The minimum absolute atomic E-state index is 0.836. The highest BCUT2D eigenvalue weighted by Crippen LogP contribution is 2.43. The van der Waals surface area contributed by atoms with E-state index in [9.17, 15) is 0 Å². The molecular formula is C16H31N. The van der Waals surface area contributed by atoms with Gasteiger partial charge in [0.1, 0.15) is 0 Å². The molecule has 1 nitrogen and oxygen atoms in total. The Morgan fingerprint density at radius 3 is 2.35 bits per heavy atom.